The molecule has 0 fully saturated rings. The summed E-state index contributed by atoms with van der Waals surface area (Å²) < 4.78 is 34.0. The summed E-state index contributed by atoms with van der Waals surface area (Å²) >= 11 is 0. The summed E-state index contributed by atoms with van der Waals surface area (Å²) in [4.78, 5) is 31.1. The third kappa shape index (κ3) is 10.8. The van der Waals surface area contributed by atoms with E-state index < -0.39 is 10.2 Å². The minimum atomic E-state index is -4.94. The van der Waals surface area contributed by atoms with Gasteiger partial charge in [0.05, 0.1) is 0 Å². The van der Waals surface area contributed by atoms with Crippen LogP contribution in [0.25, 0.3) is 23.0 Å². The summed E-state index contributed by atoms with van der Waals surface area (Å²) in [5.74, 6) is 1.15. The molecule has 18 heteroatoms. The Morgan fingerprint density at radius 3 is 1.06 bits per heavy atom. The number of nitrogen functional groups attached to an aromatic ring is 4. The molecule has 0 aliphatic heterocycles. The molecule has 8 N–H and O–H groups in total. The van der Waals surface area contributed by atoms with Crippen molar-refractivity contribution in [2.45, 2.75) is 0 Å². The Labute approximate surface area is 209 Å². The second kappa shape index (κ2) is 13.2. The standard InChI is InChI=1S/2C8H8N6.Ag.ClHO4/c2*9-7-12-6(13-8(10)14-7)5-3-1-2-4-11-5;;2-1(3,4)5/h2*1-4H,(H4,9,10,12,13,14);;(H,2,3,4,5)/q;;+1;/p-1. The van der Waals surface area contributed by atoms with Crippen molar-refractivity contribution in [2.24, 2.45) is 0 Å². The van der Waals surface area contributed by atoms with Crippen LogP contribution in [0.4, 0.5) is 23.8 Å². The summed E-state index contributed by atoms with van der Waals surface area (Å²) in [5, 5.41) is 0. The van der Waals surface area contributed by atoms with Crippen molar-refractivity contribution in [2.75, 3.05) is 22.9 Å². The van der Waals surface area contributed by atoms with Crippen LogP contribution in [0.5, 0.6) is 0 Å². The summed E-state index contributed by atoms with van der Waals surface area (Å²) in [6, 6.07) is 10.8. The first kappa shape index (κ1) is 28.4. The second-order valence-corrected chi connectivity index (χ2v) is 6.31. The van der Waals surface area contributed by atoms with Crippen molar-refractivity contribution in [3.63, 3.8) is 0 Å². The zero-order valence-electron chi connectivity index (χ0n) is 16.8. The minimum Gasteiger partial charge on any atom is -0.368 e. The van der Waals surface area contributed by atoms with Gasteiger partial charge in [0.15, 0.2) is 11.6 Å². The molecular weight excluding hydrogens is 568 g/mol. The molecule has 0 bridgehead atoms. The van der Waals surface area contributed by atoms with E-state index >= 15 is 0 Å². The van der Waals surface area contributed by atoms with Gasteiger partial charge < -0.3 is 22.9 Å². The largest absolute Gasteiger partial charge is 1.00 e. The maximum Gasteiger partial charge on any atom is 1.00 e. The molecule has 0 aliphatic carbocycles. The van der Waals surface area contributed by atoms with Gasteiger partial charge in [-0.25, -0.2) is 18.6 Å². The molecule has 0 unspecified atom stereocenters. The molecule has 182 valence electrons. The summed E-state index contributed by atoms with van der Waals surface area (Å²) in [5.41, 5.74) is 22.9. The number of nitrogens with two attached hydrogens (primary N) is 4. The van der Waals surface area contributed by atoms with E-state index in [2.05, 4.69) is 39.9 Å². The molecule has 0 saturated carbocycles. The predicted octanol–water partition coefficient (Wildman–Crippen LogP) is -4.56. The van der Waals surface area contributed by atoms with Crippen LogP contribution in [0, 0.1) is 10.2 Å². The van der Waals surface area contributed by atoms with E-state index in [4.69, 9.17) is 41.6 Å². The van der Waals surface area contributed by atoms with Crippen molar-refractivity contribution in [3.05, 3.63) is 48.8 Å². The minimum absolute atomic E-state index is 0. The van der Waals surface area contributed by atoms with Gasteiger partial charge in [0.2, 0.25) is 23.8 Å². The molecule has 0 spiro atoms. The van der Waals surface area contributed by atoms with E-state index in [9.17, 15) is 0 Å². The molecule has 0 aromatic carbocycles. The molecule has 4 heterocycles. The summed E-state index contributed by atoms with van der Waals surface area (Å²) in [7, 11) is -4.94. The Morgan fingerprint density at radius 2 is 0.824 bits per heavy atom. The molecule has 0 amide bonds. The Hall–Kier alpha value is -3.61. The van der Waals surface area contributed by atoms with E-state index in [1.54, 1.807) is 36.7 Å². The smallest absolute Gasteiger partial charge is 0.368 e. The molecule has 0 radical (unpaired) electrons. The number of nitrogens with zero attached hydrogens (tertiary/aromatic N) is 8. The molecule has 4 rings (SSSR count). The van der Waals surface area contributed by atoms with Gasteiger partial charge in [0.1, 0.15) is 11.4 Å². The van der Waals surface area contributed by atoms with Gasteiger partial charge >= 0.3 is 22.4 Å². The maximum atomic E-state index is 8.49. The first-order valence-corrected chi connectivity index (χ1v) is 9.73. The molecule has 0 atom stereocenters. The van der Waals surface area contributed by atoms with Crippen LogP contribution >= 0.6 is 0 Å². The number of aromatic nitrogens is 8. The van der Waals surface area contributed by atoms with Crippen molar-refractivity contribution >= 4 is 23.8 Å². The van der Waals surface area contributed by atoms with Crippen LogP contribution in [0.3, 0.4) is 0 Å². The van der Waals surface area contributed by atoms with E-state index in [-0.39, 0.29) is 46.2 Å². The normalized spacial score (nSPS) is 10.0. The molecule has 34 heavy (non-hydrogen) atoms. The van der Waals surface area contributed by atoms with Gasteiger partial charge in [0.25, 0.3) is 0 Å². The van der Waals surface area contributed by atoms with Crippen LogP contribution in [0.2, 0.25) is 0 Å². The third-order valence-corrected chi connectivity index (χ3v) is 3.13. The Morgan fingerprint density at radius 1 is 0.529 bits per heavy atom. The maximum absolute atomic E-state index is 8.49. The topological polar surface area (TPSA) is 299 Å². The fraction of sp³-hybridized carbons (Fsp3) is 0. The molecule has 16 nitrogen and oxygen atoms in total. The number of pyridine rings is 2. The Balaban J connectivity index is 0.000000278. The molecular formula is C16H16AgClN12O4. The SMILES string of the molecule is Nc1nc(N)nc(-c2ccccn2)n1.Nc1nc(N)nc(-c2ccccn2)n1.[Ag+].[O-][Cl+3]([O-])([O-])[O-]. The monoisotopic (exact) mass is 582 g/mol. The first-order chi connectivity index (χ1) is 15.5. The summed E-state index contributed by atoms with van der Waals surface area (Å²) in [6.45, 7) is 0. The zero-order chi connectivity index (χ0) is 24.4. The molecule has 4 aromatic heterocycles. The fourth-order valence-corrected chi connectivity index (χ4v) is 2.04. The zero-order valence-corrected chi connectivity index (χ0v) is 19.1. The predicted molar refractivity (Wildman–Crippen MR) is 104 cm³/mol. The van der Waals surface area contributed by atoms with Crippen LogP contribution in [-0.4, -0.2) is 39.9 Å². The van der Waals surface area contributed by atoms with Gasteiger partial charge in [-0.2, -0.15) is 29.9 Å². The van der Waals surface area contributed by atoms with Crippen LogP contribution < -0.4 is 41.6 Å². The van der Waals surface area contributed by atoms with Crippen molar-refractivity contribution < 1.29 is 51.3 Å². The van der Waals surface area contributed by atoms with Gasteiger partial charge in [-0.05, 0) is 24.3 Å². The Kier molecular flexibility index (Phi) is 11.0. The van der Waals surface area contributed by atoms with Gasteiger partial charge in [-0.3, -0.25) is 9.97 Å². The first-order valence-electron chi connectivity index (χ1n) is 8.50. The number of hydrogen-bond donors (Lipinski definition) is 4. The van der Waals surface area contributed by atoms with Crippen molar-refractivity contribution in [1.29, 1.82) is 0 Å². The number of anilines is 4. The van der Waals surface area contributed by atoms with E-state index in [1.165, 1.54) is 0 Å². The van der Waals surface area contributed by atoms with Crippen LogP contribution in [0.1, 0.15) is 0 Å². The third-order valence-electron chi connectivity index (χ3n) is 3.13. The van der Waals surface area contributed by atoms with E-state index in [0.29, 0.717) is 23.0 Å². The quantitative estimate of drug-likeness (QED) is 0.161. The average molecular weight is 584 g/mol. The van der Waals surface area contributed by atoms with Crippen molar-refractivity contribution in [1.82, 2.24) is 39.9 Å². The van der Waals surface area contributed by atoms with E-state index in [1.807, 2.05) is 12.1 Å². The van der Waals surface area contributed by atoms with Crippen molar-refractivity contribution in [3.8, 4) is 23.0 Å². The Bertz CT molecular complexity index is 1040. The number of halogens is 1. The molecule has 0 saturated heterocycles. The number of hydrogen-bond acceptors (Lipinski definition) is 16. The average Bonchev–Trinajstić information content (AvgIpc) is 2.73. The molecule has 0 aliphatic rings. The van der Waals surface area contributed by atoms with Crippen LogP contribution in [0.15, 0.2) is 48.8 Å². The summed E-state index contributed by atoms with van der Waals surface area (Å²) in [6.07, 6.45) is 3.29. The van der Waals surface area contributed by atoms with Gasteiger partial charge in [-0.1, -0.05) is 12.1 Å². The van der Waals surface area contributed by atoms with Gasteiger partial charge in [0, 0.05) is 12.4 Å². The second-order valence-electron chi connectivity index (χ2n) is 5.56. The van der Waals surface area contributed by atoms with Crippen LogP contribution in [-0.2, 0) is 22.4 Å². The fourth-order valence-electron chi connectivity index (χ4n) is 2.04. The van der Waals surface area contributed by atoms with Gasteiger partial charge in [-0.15, -0.1) is 10.2 Å². The molecule has 4 aromatic rings. The van der Waals surface area contributed by atoms with E-state index in [0.717, 1.165) is 0 Å². The number of rotatable bonds is 2.